The van der Waals surface area contributed by atoms with Crippen molar-refractivity contribution < 1.29 is 34.2 Å². The zero-order valence-corrected chi connectivity index (χ0v) is 19.9. The van der Waals surface area contributed by atoms with Gasteiger partial charge >= 0.3 is 11.9 Å². The van der Waals surface area contributed by atoms with Crippen molar-refractivity contribution in [1.82, 2.24) is 16.0 Å². The summed E-state index contributed by atoms with van der Waals surface area (Å²) in [6, 6.07) is -4.35. The topological polar surface area (TPSA) is 188 Å². The van der Waals surface area contributed by atoms with Crippen LogP contribution in [0, 0.1) is 11.8 Å². The number of carbonyl (C=O) groups excluding carboxylic acids is 3. The number of nitrogens with one attached hydrogen (secondary N) is 3. The number of hydrogen-bond donors (Lipinski definition) is 7. The largest absolute Gasteiger partial charge is 0.481 e. The van der Waals surface area contributed by atoms with Gasteiger partial charge in [0.15, 0.2) is 0 Å². The Hall–Kier alpha value is -2.34. The van der Waals surface area contributed by atoms with Gasteiger partial charge in [-0.25, -0.2) is 4.79 Å². The average Bonchev–Trinajstić information content (AvgIpc) is 2.66. The van der Waals surface area contributed by atoms with Crippen LogP contribution in [0.25, 0.3) is 0 Å². The molecule has 0 aromatic carbocycles. The van der Waals surface area contributed by atoms with Crippen LogP contribution >= 0.6 is 12.6 Å². The van der Waals surface area contributed by atoms with Gasteiger partial charge in [-0.15, -0.1) is 0 Å². The van der Waals surface area contributed by atoms with Crippen molar-refractivity contribution in [2.24, 2.45) is 17.6 Å². The molecule has 0 rings (SSSR count). The predicted octanol–water partition coefficient (Wildman–Crippen LogP) is -0.260. The molecule has 11 nitrogen and oxygen atoms in total. The fourth-order valence-corrected chi connectivity index (χ4v) is 3.12. The number of hydrogen-bond acceptors (Lipinski definition) is 7. The molecule has 184 valence electrons. The molecule has 3 amide bonds. The van der Waals surface area contributed by atoms with E-state index in [2.05, 4.69) is 28.6 Å². The van der Waals surface area contributed by atoms with Crippen molar-refractivity contribution in [3.63, 3.8) is 0 Å². The van der Waals surface area contributed by atoms with Gasteiger partial charge in [0.05, 0.1) is 6.04 Å². The van der Waals surface area contributed by atoms with Crippen LogP contribution < -0.4 is 21.7 Å². The number of nitrogens with two attached hydrogens (primary N) is 1. The molecule has 0 spiro atoms. The molecule has 0 bridgehead atoms. The number of rotatable bonds is 15. The van der Waals surface area contributed by atoms with Crippen molar-refractivity contribution in [2.45, 2.75) is 77.5 Å². The van der Waals surface area contributed by atoms with Crippen LogP contribution in [-0.4, -0.2) is 69.8 Å². The number of aliphatic carboxylic acids is 2. The van der Waals surface area contributed by atoms with Gasteiger partial charge in [-0.05, 0) is 31.1 Å². The summed E-state index contributed by atoms with van der Waals surface area (Å²) in [5.74, 6) is -4.41. The molecule has 7 N–H and O–H groups in total. The molecule has 0 unspecified atom stereocenters. The van der Waals surface area contributed by atoms with E-state index in [4.69, 9.17) is 10.8 Å². The van der Waals surface area contributed by atoms with Gasteiger partial charge < -0.3 is 31.9 Å². The molecule has 0 saturated carbocycles. The minimum absolute atomic E-state index is 0.0307. The molecule has 4 atom stereocenters. The summed E-state index contributed by atoms with van der Waals surface area (Å²) in [5.41, 5.74) is 5.84. The fourth-order valence-electron chi connectivity index (χ4n) is 2.86. The summed E-state index contributed by atoms with van der Waals surface area (Å²) in [6.07, 6.45) is -0.119. The van der Waals surface area contributed by atoms with Crippen molar-refractivity contribution in [2.75, 3.05) is 5.75 Å². The lowest BCUT2D eigenvalue weighted by Crippen LogP contribution is -2.58. The predicted molar refractivity (Wildman–Crippen MR) is 121 cm³/mol. The van der Waals surface area contributed by atoms with E-state index in [1.807, 2.05) is 27.7 Å². The molecular formula is C20H36N4O7S. The first-order chi connectivity index (χ1) is 14.8. The Morgan fingerprint density at radius 2 is 1.25 bits per heavy atom. The molecule has 0 radical (unpaired) electrons. The summed E-state index contributed by atoms with van der Waals surface area (Å²) in [5, 5.41) is 25.3. The Morgan fingerprint density at radius 1 is 0.781 bits per heavy atom. The van der Waals surface area contributed by atoms with E-state index in [1.54, 1.807) is 0 Å². The SMILES string of the molecule is CC(C)C[C@H](NC(=O)[C@H](CS)NC(=O)[C@@H](N)CC(C)C)C(=O)N[C@@H](CCC(=O)O)C(=O)O. The van der Waals surface area contributed by atoms with Crippen molar-refractivity contribution in [1.29, 1.82) is 0 Å². The van der Waals surface area contributed by atoms with E-state index >= 15 is 0 Å². The first kappa shape index (κ1) is 29.7. The molecular weight excluding hydrogens is 440 g/mol. The second-order valence-electron chi connectivity index (χ2n) is 8.50. The summed E-state index contributed by atoms with van der Waals surface area (Å²) in [4.78, 5) is 59.7. The number of carbonyl (C=O) groups is 5. The second-order valence-corrected chi connectivity index (χ2v) is 8.87. The standard InChI is InChI=1S/C20H36N4O7S/c1-10(2)7-12(21)17(27)24-15(9-32)19(29)23-14(8-11(3)4)18(28)22-13(20(30)31)5-6-16(25)26/h10-15,32H,5-9,21H2,1-4H3,(H,22,28)(H,23,29)(H,24,27)(H,25,26)(H,30,31)/t12-,13-,14-,15-/m0/s1. The van der Waals surface area contributed by atoms with Crippen molar-refractivity contribution >= 4 is 42.3 Å². The van der Waals surface area contributed by atoms with Gasteiger partial charge in [-0.2, -0.15) is 12.6 Å². The highest BCUT2D eigenvalue weighted by molar-refractivity contribution is 7.80. The molecule has 32 heavy (non-hydrogen) atoms. The molecule has 0 heterocycles. The zero-order valence-electron chi connectivity index (χ0n) is 19.0. The summed E-state index contributed by atoms with van der Waals surface area (Å²) >= 11 is 4.09. The summed E-state index contributed by atoms with van der Waals surface area (Å²) < 4.78 is 0. The highest BCUT2D eigenvalue weighted by Gasteiger charge is 2.30. The van der Waals surface area contributed by atoms with E-state index in [-0.39, 0.29) is 30.4 Å². The lowest BCUT2D eigenvalue weighted by molar-refractivity contribution is -0.143. The monoisotopic (exact) mass is 476 g/mol. The first-order valence-corrected chi connectivity index (χ1v) is 11.1. The molecule has 0 aliphatic carbocycles. The van der Waals surface area contributed by atoms with E-state index in [0.717, 1.165) is 0 Å². The van der Waals surface area contributed by atoms with Crippen LogP contribution in [0.2, 0.25) is 0 Å². The molecule has 0 aliphatic rings. The van der Waals surface area contributed by atoms with E-state index in [9.17, 15) is 29.1 Å². The lowest BCUT2D eigenvalue weighted by Gasteiger charge is -2.25. The molecule has 0 fully saturated rings. The maximum atomic E-state index is 12.7. The van der Waals surface area contributed by atoms with E-state index < -0.39 is 60.2 Å². The Labute approximate surface area is 193 Å². The highest BCUT2D eigenvalue weighted by atomic mass is 32.1. The van der Waals surface area contributed by atoms with E-state index in [0.29, 0.717) is 6.42 Å². The number of carboxylic acid groups (broad SMARTS) is 2. The van der Waals surface area contributed by atoms with Crippen LogP contribution in [0.4, 0.5) is 0 Å². The quantitative estimate of drug-likeness (QED) is 0.157. The minimum Gasteiger partial charge on any atom is -0.481 e. The highest BCUT2D eigenvalue weighted by Crippen LogP contribution is 2.08. The fraction of sp³-hybridized carbons (Fsp3) is 0.750. The van der Waals surface area contributed by atoms with Crippen molar-refractivity contribution in [3.05, 3.63) is 0 Å². The molecule has 12 heteroatoms. The van der Waals surface area contributed by atoms with Gasteiger partial charge in [0, 0.05) is 12.2 Å². The van der Waals surface area contributed by atoms with Gasteiger partial charge in [0.25, 0.3) is 0 Å². The summed E-state index contributed by atoms with van der Waals surface area (Å²) in [7, 11) is 0. The zero-order chi connectivity index (χ0) is 25.0. The van der Waals surface area contributed by atoms with Gasteiger partial charge in [0.1, 0.15) is 18.1 Å². The Balaban J connectivity index is 5.26. The van der Waals surface area contributed by atoms with Crippen LogP contribution in [0.5, 0.6) is 0 Å². The minimum atomic E-state index is -1.42. The smallest absolute Gasteiger partial charge is 0.326 e. The molecule has 0 aliphatic heterocycles. The Morgan fingerprint density at radius 3 is 1.69 bits per heavy atom. The van der Waals surface area contributed by atoms with E-state index in [1.165, 1.54) is 0 Å². The number of amides is 3. The van der Waals surface area contributed by atoms with Gasteiger partial charge in [0.2, 0.25) is 17.7 Å². The third-order valence-corrected chi connectivity index (χ3v) is 4.84. The molecule has 0 aromatic rings. The molecule has 0 aromatic heterocycles. The van der Waals surface area contributed by atoms with Gasteiger partial charge in [-0.1, -0.05) is 27.7 Å². The third kappa shape index (κ3) is 11.9. The van der Waals surface area contributed by atoms with Crippen LogP contribution in [-0.2, 0) is 24.0 Å². The maximum absolute atomic E-state index is 12.7. The number of carboxylic acids is 2. The normalized spacial score (nSPS) is 14.9. The van der Waals surface area contributed by atoms with Crippen molar-refractivity contribution in [3.8, 4) is 0 Å². The maximum Gasteiger partial charge on any atom is 0.326 e. The third-order valence-electron chi connectivity index (χ3n) is 4.48. The summed E-state index contributed by atoms with van der Waals surface area (Å²) in [6.45, 7) is 7.44. The van der Waals surface area contributed by atoms with Crippen LogP contribution in [0.3, 0.4) is 0 Å². The average molecular weight is 477 g/mol. The Bertz CT molecular complexity index is 672. The first-order valence-electron chi connectivity index (χ1n) is 10.5. The second kappa shape index (κ2) is 14.7. The van der Waals surface area contributed by atoms with Crippen LogP contribution in [0.1, 0.15) is 53.4 Å². The number of thiol groups is 1. The lowest BCUT2D eigenvalue weighted by atomic mass is 10.0. The Kier molecular flexibility index (Phi) is 13.6. The molecule has 0 saturated heterocycles. The van der Waals surface area contributed by atoms with Crippen LogP contribution in [0.15, 0.2) is 0 Å². The van der Waals surface area contributed by atoms with Gasteiger partial charge in [-0.3, -0.25) is 19.2 Å².